The van der Waals surface area contributed by atoms with Gasteiger partial charge in [-0.05, 0) is 43.5 Å². The summed E-state index contributed by atoms with van der Waals surface area (Å²) < 4.78 is 5.33. The highest BCUT2D eigenvalue weighted by molar-refractivity contribution is 7.16. The van der Waals surface area contributed by atoms with Crippen LogP contribution in [0.4, 0.5) is 17.5 Å². The molecule has 4 rings (SSSR count). The van der Waals surface area contributed by atoms with Crippen LogP contribution < -0.4 is 15.0 Å². The van der Waals surface area contributed by atoms with Crippen LogP contribution >= 0.6 is 11.3 Å². The van der Waals surface area contributed by atoms with Crippen LogP contribution in [-0.2, 0) is 4.79 Å². The molecule has 2 aromatic heterocycles. The number of fused-ring (bicyclic) bond motifs is 1. The van der Waals surface area contributed by atoms with Crippen LogP contribution in [0.2, 0.25) is 0 Å². The SMILES string of the molecule is CCCC.COc1ccc(Nc2nc(N3CCCC(C=O)C3)nc3scnc23)cc1C. The third-order valence-electron chi connectivity index (χ3n) is 5.28. The van der Waals surface area contributed by atoms with Gasteiger partial charge in [0, 0.05) is 24.7 Å². The first kappa shape index (κ1) is 22.9. The molecule has 0 radical (unpaired) electrons. The highest BCUT2D eigenvalue weighted by atomic mass is 32.1. The number of hydrogen-bond acceptors (Lipinski definition) is 8. The predicted octanol–water partition coefficient (Wildman–Crippen LogP) is 5.37. The minimum Gasteiger partial charge on any atom is -0.496 e. The number of thiazole rings is 1. The first-order chi connectivity index (χ1) is 15.1. The van der Waals surface area contributed by atoms with Gasteiger partial charge in [-0.15, -0.1) is 11.3 Å². The minimum absolute atomic E-state index is 0.0418. The highest BCUT2D eigenvalue weighted by Crippen LogP contribution is 2.30. The Morgan fingerprint density at radius 3 is 2.77 bits per heavy atom. The van der Waals surface area contributed by atoms with Gasteiger partial charge < -0.3 is 19.7 Å². The Morgan fingerprint density at radius 1 is 1.29 bits per heavy atom. The summed E-state index contributed by atoms with van der Waals surface area (Å²) in [5, 5.41) is 3.37. The second-order valence-electron chi connectivity index (χ2n) is 7.67. The van der Waals surface area contributed by atoms with Gasteiger partial charge in [0.1, 0.15) is 17.6 Å². The fourth-order valence-electron chi connectivity index (χ4n) is 3.37. The van der Waals surface area contributed by atoms with Gasteiger partial charge in [0.15, 0.2) is 10.6 Å². The molecule has 1 atom stereocenters. The number of carbonyl (C=O) groups excluding carboxylic acids is 1. The standard InChI is InChI=1S/C19H21N5O2S.C4H10/c1-12-8-14(5-6-15(12)26-2)21-17-16-18(27-11-20-16)23-19(22-17)24-7-3-4-13(9-24)10-25;1-3-4-2/h5-6,8,10-11,13H,3-4,7,9H2,1-2H3,(H,21,22,23);3-4H2,1-2H3. The Morgan fingerprint density at radius 2 is 2.10 bits per heavy atom. The summed E-state index contributed by atoms with van der Waals surface area (Å²) in [4.78, 5) is 27.9. The van der Waals surface area contributed by atoms with Crippen LogP contribution in [0.15, 0.2) is 23.7 Å². The zero-order chi connectivity index (χ0) is 22.2. The molecular formula is C23H31N5O2S. The van der Waals surface area contributed by atoms with Crippen LogP contribution in [-0.4, -0.2) is 41.4 Å². The summed E-state index contributed by atoms with van der Waals surface area (Å²) in [6.45, 7) is 7.88. The van der Waals surface area contributed by atoms with E-state index in [4.69, 9.17) is 9.72 Å². The van der Waals surface area contributed by atoms with Crippen LogP contribution in [0.25, 0.3) is 10.3 Å². The number of ether oxygens (including phenoxy) is 1. The summed E-state index contributed by atoms with van der Waals surface area (Å²) in [6.07, 6.45) is 5.57. The van der Waals surface area contributed by atoms with Gasteiger partial charge in [0.2, 0.25) is 5.95 Å². The van der Waals surface area contributed by atoms with E-state index < -0.39 is 0 Å². The summed E-state index contributed by atoms with van der Waals surface area (Å²) in [6, 6.07) is 5.90. The van der Waals surface area contributed by atoms with E-state index in [1.165, 1.54) is 24.2 Å². The van der Waals surface area contributed by atoms with E-state index in [-0.39, 0.29) is 5.92 Å². The van der Waals surface area contributed by atoms with Gasteiger partial charge in [-0.1, -0.05) is 26.7 Å². The second kappa shape index (κ2) is 11.0. The molecule has 1 unspecified atom stereocenters. The van der Waals surface area contributed by atoms with Crippen molar-refractivity contribution >= 4 is 45.4 Å². The number of unbranched alkanes of at least 4 members (excludes halogenated alkanes) is 1. The first-order valence-corrected chi connectivity index (χ1v) is 11.7. The van der Waals surface area contributed by atoms with Gasteiger partial charge in [0.05, 0.1) is 12.6 Å². The Hall–Kier alpha value is -2.74. The number of benzene rings is 1. The molecular weight excluding hydrogens is 410 g/mol. The smallest absolute Gasteiger partial charge is 0.228 e. The fourth-order valence-corrected chi connectivity index (χ4v) is 4.03. The molecule has 3 heterocycles. The molecule has 8 heteroatoms. The lowest BCUT2D eigenvalue weighted by molar-refractivity contribution is -0.111. The van der Waals surface area contributed by atoms with Crippen LogP contribution in [0, 0.1) is 12.8 Å². The average Bonchev–Trinajstić information content (AvgIpc) is 3.28. The quantitative estimate of drug-likeness (QED) is 0.515. The Kier molecular flexibility index (Phi) is 8.17. The average molecular weight is 442 g/mol. The number of rotatable bonds is 6. The number of aldehydes is 1. The number of nitrogens with zero attached hydrogens (tertiary/aromatic N) is 4. The Labute approximate surface area is 187 Å². The van der Waals surface area contributed by atoms with Gasteiger partial charge in [0.25, 0.3) is 0 Å². The number of piperidine rings is 1. The largest absolute Gasteiger partial charge is 0.496 e. The van der Waals surface area contributed by atoms with Crippen molar-refractivity contribution in [3.8, 4) is 5.75 Å². The van der Waals surface area contributed by atoms with Crippen molar-refractivity contribution in [2.45, 2.75) is 46.5 Å². The van der Waals surface area contributed by atoms with Crippen molar-refractivity contribution in [1.29, 1.82) is 0 Å². The van der Waals surface area contributed by atoms with E-state index in [1.807, 2.05) is 25.1 Å². The van der Waals surface area contributed by atoms with Crippen LogP contribution in [0.5, 0.6) is 5.75 Å². The molecule has 0 bridgehead atoms. The molecule has 0 aliphatic carbocycles. The lowest BCUT2D eigenvalue weighted by Gasteiger charge is -2.30. The second-order valence-corrected chi connectivity index (χ2v) is 8.51. The number of anilines is 3. The lowest BCUT2D eigenvalue weighted by Crippen LogP contribution is -2.37. The summed E-state index contributed by atoms with van der Waals surface area (Å²) in [5.74, 6) is 2.20. The van der Waals surface area contributed by atoms with Crippen molar-refractivity contribution in [1.82, 2.24) is 15.0 Å². The van der Waals surface area contributed by atoms with Crippen LogP contribution in [0.3, 0.4) is 0 Å². The van der Waals surface area contributed by atoms with Crippen molar-refractivity contribution in [3.63, 3.8) is 0 Å². The predicted molar refractivity (Wildman–Crippen MR) is 128 cm³/mol. The van der Waals surface area contributed by atoms with Crippen LogP contribution in [0.1, 0.15) is 45.1 Å². The molecule has 0 spiro atoms. The molecule has 31 heavy (non-hydrogen) atoms. The first-order valence-electron chi connectivity index (χ1n) is 10.8. The van der Waals surface area contributed by atoms with Crippen molar-refractivity contribution < 1.29 is 9.53 Å². The van der Waals surface area contributed by atoms with Gasteiger partial charge in [-0.2, -0.15) is 9.97 Å². The maximum absolute atomic E-state index is 11.2. The monoisotopic (exact) mass is 441 g/mol. The lowest BCUT2D eigenvalue weighted by atomic mass is 10.0. The van der Waals surface area contributed by atoms with E-state index in [1.54, 1.807) is 12.6 Å². The normalized spacial score (nSPS) is 15.9. The zero-order valence-corrected chi connectivity index (χ0v) is 19.5. The molecule has 1 aliphatic rings. The van der Waals surface area contributed by atoms with E-state index >= 15 is 0 Å². The Balaban J connectivity index is 0.000000628. The highest BCUT2D eigenvalue weighted by Gasteiger charge is 2.23. The van der Waals surface area contributed by atoms with Crippen molar-refractivity contribution in [2.24, 2.45) is 5.92 Å². The number of carbonyl (C=O) groups is 1. The van der Waals surface area contributed by atoms with E-state index in [0.717, 1.165) is 53.0 Å². The Bertz CT molecular complexity index is 1000. The number of methoxy groups -OCH3 is 1. The molecule has 1 N–H and O–H groups in total. The maximum Gasteiger partial charge on any atom is 0.228 e. The summed E-state index contributed by atoms with van der Waals surface area (Å²) in [5.41, 5.74) is 4.48. The van der Waals surface area contributed by atoms with Crippen molar-refractivity contribution in [2.75, 3.05) is 30.4 Å². The molecule has 1 aromatic carbocycles. The molecule has 1 fully saturated rings. The van der Waals surface area contributed by atoms with Crippen molar-refractivity contribution in [3.05, 3.63) is 29.3 Å². The third-order valence-corrected chi connectivity index (χ3v) is 6.00. The van der Waals surface area contributed by atoms with Gasteiger partial charge >= 0.3 is 0 Å². The number of aryl methyl sites for hydroxylation is 1. The zero-order valence-electron chi connectivity index (χ0n) is 18.7. The van der Waals surface area contributed by atoms with E-state index in [2.05, 4.69) is 34.0 Å². The third kappa shape index (κ3) is 5.70. The number of nitrogens with one attached hydrogen (secondary N) is 1. The van der Waals surface area contributed by atoms with E-state index in [0.29, 0.717) is 18.3 Å². The molecule has 0 saturated carbocycles. The van der Waals surface area contributed by atoms with Gasteiger partial charge in [-0.3, -0.25) is 0 Å². The number of aromatic nitrogens is 3. The molecule has 0 amide bonds. The van der Waals surface area contributed by atoms with E-state index in [9.17, 15) is 4.79 Å². The molecule has 1 aliphatic heterocycles. The summed E-state index contributed by atoms with van der Waals surface area (Å²) in [7, 11) is 1.66. The molecule has 1 saturated heterocycles. The topological polar surface area (TPSA) is 80.2 Å². The molecule has 166 valence electrons. The number of hydrogen-bond donors (Lipinski definition) is 1. The maximum atomic E-state index is 11.2. The van der Waals surface area contributed by atoms with Gasteiger partial charge in [-0.25, -0.2) is 4.98 Å². The fraction of sp³-hybridized carbons (Fsp3) is 0.478. The molecule has 3 aromatic rings. The summed E-state index contributed by atoms with van der Waals surface area (Å²) >= 11 is 1.49. The molecule has 7 nitrogen and oxygen atoms in total. The minimum atomic E-state index is 0.0418.